The summed E-state index contributed by atoms with van der Waals surface area (Å²) in [7, 11) is 0. The first kappa shape index (κ1) is 23.7. The number of rotatable bonds is 3. The number of Topliss-reactive ketones (excluding diaryl/α,β-unsaturated/α-hetero) is 1. The second-order valence-electron chi connectivity index (χ2n) is 12.8. The van der Waals surface area contributed by atoms with E-state index >= 15 is 0 Å². The third-order valence-electron chi connectivity index (χ3n) is 11.4. The van der Waals surface area contributed by atoms with Crippen molar-refractivity contribution in [3.8, 4) is 0 Å². The maximum atomic E-state index is 14.0. The van der Waals surface area contributed by atoms with E-state index in [-0.39, 0.29) is 29.5 Å². The van der Waals surface area contributed by atoms with Crippen molar-refractivity contribution in [1.29, 1.82) is 0 Å². The van der Waals surface area contributed by atoms with Crippen LogP contribution in [0, 0.1) is 40.4 Å². The summed E-state index contributed by atoms with van der Waals surface area (Å²) in [6.07, 6.45) is 6.47. The molecule has 5 aliphatic rings. The fraction of sp³-hybridized carbons (Fsp3) is 0.821. The summed E-state index contributed by atoms with van der Waals surface area (Å²) in [5.41, 5.74) is -2.57. The molecule has 3 fully saturated rings. The quantitative estimate of drug-likeness (QED) is 0.519. The van der Waals surface area contributed by atoms with Gasteiger partial charge in [-0.05, 0) is 67.3 Å². The molecule has 5 heteroatoms. The van der Waals surface area contributed by atoms with E-state index in [9.17, 15) is 25.2 Å². The number of aliphatic hydroxyl groups is 4. The summed E-state index contributed by atoms with van der Waals surface area (Å²) in [5, 5.41) is 45.2. The highest BCUT2D eigenvalue weighted by Gasteiger charge is 2.72. The second-order valence-corrected chi connectivity index (χ2v) is 12.8. The summed E-state index contributed by atoms with van der Waals surface area (Å²) in [4.78, 5) is 14.0. The highest BCUT2D eigenvalue weighted by molar-refractivity contribution is 5.96. The minimum atomic E-state index is -1.72. The van der Waals surface area contributed by atoms with E-state index in [0.29, 0.717) is 42.6 Å². The predicted octanol–water partition coefficient (Wildman–Crippen LogP) is 3.54. The number of carbonyl (C=O) groups excluding carboxylic acids is 1. The Kier molecular flexibility index (Phi) is 5.21. The van der Waals surface area contributed by atoms with Crippen LogP contribution in [0.4, 0.5) is 0 Å². The molecule has 0 aromatic rings. The fourth-order valence-electron chi connectivity index (χ4n) is 8.86. The number of carbonyl (C=O) groups is 1. The van der Waals surface area contributed by atoms with Crippen molar-refractivity contribution in [2.75, 3.05) is 0 Å². The standard InChI is InChI=1S/C28H42O5/c1-15(2)16(3)24(31)19-13-26-14-23(30)28(33)22(21(26)7-6-20(26)17(19)4)9-11-27(32)12-18(29)8-10-25(27,28)5/h9,11,15-20,24,29,31-33H,6-8,10,12-14H2,1-5H3/t16-,17-,18+,19-,20-,24+,25-,26-,27-,28+/m0/s1. The maximum absolute atomic E-state index is 14.0. The van der Waals surface area contributed by atoms with Crippen LogP contribution in [-0.4, -0.2) is 49.6 Å². The lowest BCUT2D eigenvalue weighted by Crippen LogP contribution is -2.70. The minimum Gasteiger partial charge on any atom is -0.393 e. The van der Waals surface area contributed by atoms with Crippen LogP contribution >= 0.6 is 0 Å². The first-order chi connectivity index (χ1) is 15.3. The summed E-state index contributed by atoms with van der Waals surface area (Å²) in [5.74, 6) is 1.20. The first-order valence-electron chi connectivity index (χ1n) is 13.1. The van der Waals surface area contributed by atoms with E-state index in [1.54, 1.807) is 6.08 Å². The van der Waals surface area contributed by atoms with Crippen LogP contribution in [0.1, 0.15) is 79.6 Å². The van der Waals surface area contributed by atoms with Crippen molar-refractivity contribution in [2.24, 2.45) is 40.4 Å². The van der Waals surface area contributed by atoms with Gasteiger partial charge in [0.1, 0.15) is 0 Å². The zero-order chi connectivity index (χ0) is 24.1. The molecule has 10 atom stereocenters. The highest BCUT2D eigenvalue weighted by Crippen LogP contribution is 2.70. The van der Waals surface area contributed by atoms with Gasteiger partial charge in [0.05, 0.1) is 17.8 Å². The Bertz CT molecular complexity index is 921. The molecule has 5 nitrogen and oxygen atoms in total. The van der Waals surface area contributed by atoms with E-state index in [1.807, 2.05) is 13.0 Å². The number of hydrogen-bond acceptors (Lipinski definition) is 5. The van der Waals surface area contributed by atoms with Crippen molar-refractivity contribution in [1.82, 2.24) is 0 Å². The zero-order valence-corrected chi connectivity index (χ0v) is 20.8. The average Bonchev–Trinajstić information content (AvgIpc) is 3.23. The van der Waals surface area contributed by atoms with E-state index in [1.165, 1.54) is 5.57 Å². The molecule has 0 aliphatic heterocycles. The van der Waals surface area contributed by atoms with E-state index in [4.69, 9.17) is 0 Å². The molecule has 5 aliphatic carbocycles. The summed E-state index contributed by atoms with van der Waals surface area (Å²) >= 11 is 0. The molecular formula is C28H42O5. The van der Waals surface area contributed by atoms with Gasteiger partial charge in [-0.3, -0.25) is 4.79 Å². The molecular weight excluding hydrogens is 416 g/mol. The summed E-state index contributed by atoms with van der Waals surface area (Å²) in [6.45, 7) is 10.5. The Labute approximate surface area is 198 Å². The molecule has 33 heavy (non-hydrogen) atoms. The molecule has 1 spiro atoms. The van der Waals surface area contributed by atoms with Crippen LogP contribution in [0.5, 0.6) is 0 Å². The van der Waals surface area contributed by atoms with Crippen LogP contribution in [0.2, 0.25) is 0 Å². The van der Waals surface area contributed by atoms with E-state index in [2.05, 4.69) is 27.7 Å². The van der Waals surface area contributed by atoms with Gasteiger partial charge in [0.2, 0.25) is 0 Å². The Morgan fingerprint density at radius 2 is 1.82 bits per heavy atom. The normalized spacial score (nSPS) is 50.7. The molecule has 0 unspecified atom stereocenters. The molecule has 3 saturated carbocycles. The van der Waals surface area contributed by atoms with Crippen molar-refractivity contribution in [3.05, 3.63) is 23.3 Å². The average molecular weight is 459 g/mol. The molecule has 0 radical (unpaired) electrons. The minimum absolute atomic E-state index is 0.143. The second kappa shape index (κ2) is 7.25. The Balaban J connectivity index is 1.62. The van der Waals surface area contributed by atoms with Gasteiger partial charge in [-0.15, -0.1) is 0 Å². The molecule has 184 valence electrons. The number of fused-ring (bicyclic) bond motifs is 3. The van der Waals surface area contributed by atoms with Crippen molar-refractivity contribution >= 4 is 5.78 Å². The lowest BCUT2D eigenvalue weighted by molar-refractivity contribution is -0.199. The third kappa shape index (κ3) is 2.77. The molecule has 4 N–H and O–H groups in total. The smallest absolute Gasteiger partial charge is 0.170 e. The number of aliphatic hydroxyl groups excluding tert-OH is 2. The van der Waals surface area contributed by atoms with Gasteiger partial charge in [-0.1, -0.05) is 52.3 Å². The van der Waals surface area contributed by atoms with Gasteiger partial charge < -0.3 is 20.4 Å². The number of ketones is 1. The topological polar surface area (TPSA) is 98.0 Å². The molecule has 0 saturated heterocycles. The van der Waals surface area contributed by atoms with Gasteiger partial charge in [-0.25, -0.2) is 0 Å². The Hall–Kier alpha value is -1.01. The van der Waals surface area contributed by atoms with Crippen LogP contribution in [0.25, 0.3) is 0 Å². The number of allylic oxidation sites excluding steroid dienone is 1. The van der Waals surface area contributed by atoms with Gasteiger partial charge in [0, 0.05) is 23.7 Å². The molecule has 0 aromatic heterocycles. The van der Waals surface area contributed by atoms with Crippen LogP contribution in [-0.2, 0) is 4.79 Å². The molecule has 0 heterocycles. The van der Waals surface area contributed by atoms with Gasteiger partial charge in [-0.2, -0.15) is 0 Å². The van der Waals surface area contributed by atoms with Gasteiger partial charge in [0.25, 0.3) is 0 Å². The Morgan fingerprint density at radius 1 is 1.12 bits per heavy atom. The summed E-state index contributed by atoms with van der Waals surface area (Å²) < 4.78 is 0. The molecule has 0 aromatic carbocycles. The third-order valence-corrected chi connectivity index (χ3v) is 11.4. The fourth-order valence-corrected chi connectivity index (χ4v) is 8.86. The van der Waals surface area contributed by atoms with Gasteiger partial charge in [0.15, 0.2) is 11.4 Å². The van der Waals surface area contributed by atoms with Crippen molar-refractivity contribution in [3.63, 3.8) is 0 Å². The van der Waals surface area contributed by atoms with E-state index < -0.39 is 28.8 Å². The maximum Gasteiger partial charge on any atom is 0.170 e. The SMILES string of the molecule is CC(C)[C@H](C)[C@@H](O)[C@H]1C[C@@]23CC(=O)[C@]4(O)C(=C2CC[C@H]3[C@H]1C)C=C[C@]1(O)C[C@H](O)CC[C@]41C. The van der Waals surface area contributed by atoms with Crippen molar-refractivity contribution in [2.45, 2.75) is 103 Å². The van der Waals surface area contributed by atoms with Crippen LogP contribution in [0.15, 0.2) is 23.3 Å². The van der Waals surface area contributed by atoms with Crippen molar-refractivity contribution < 1.29 is 25.2 Å². The molecule has 5 rings (SSSR count). The summed E-state index contributed by atoms with van der Waals surface area (Å²) in [6, 6.07) is 0. The highest BCUT2D eigenvalue weighted by atomic mass is 16.3. The molecule has 0 bridgehead atoms. The zero-order valence-electron chi connectivity index (χ0n) is 20.8. The largest absolute Gasteiger partial charge is 0.393 e. The predicted molar refractivity (Wildman–Crippen MR) is 126 cm³/mol. The van der Waals surface area contributed by atoms with Crippen LogP contribution < -0.4 is 0 Å². The molecule has 0 amide bonds. The van der Waals surface area contributed by atoms with Crippen LogP contribution in [0.3, 0.4) is 0 Å². The Morgan fingerprint density at radius 3 is 2.48 bits per heavy atom. The van der Waals surface area contributed by atoms with E-state index in [0.717, 1.165) is 19.3 Å². The van der Waals surface area contributed by atoms with Gasteiger partial charge >= 0.3 is 0 Å². The lowest BCUT2D eigenvalue weighted by Gasteiger charge is -2.60. The monoisotopic (exact) mass is 458 g/mol. The number of hydrogen-bond donors (Lipinski definition) is 4. The first-order valence-corrected chi connectivity index (χ1v) is 13.1. The lowest BCUT2D eigenvalue weighted by atomic mass is 9.46.